The lowest BCUT2D eigenvalue weighted by Crippen LogP contribution is -2.56. The first-order valence-electron chi connectivity index (χ1n) is 8.43. The van der Waals surface area contributed by atoms with Crippen molar-refractivity contribution in [3.63, 3.8) is 0 Å². The molecule has 0 aliphatic carbocycles. The third-order valence-corrected chi connectivity index (χ3v) is 4.62. The Morgan fingerprint density at radius 1 is 1.20 bits per heavy atom. The molecule has 2 aromatic carbocycles. The molecule has 0 saturated heterocycles. The summed E-state index contributed by atoms with van der Waals surface area (Å²) in [4.78, 5) is 22.4. The second kappa shape index (κ2) is 10.6. The zero-order valence-corrected chi connectivity index (χ0v) is 18.6. The number of carbonyl (C=O) groups excluding carboxylic acids is 1. The first-order valence-corrected chi connectivity index (χ1v) is 9.97. The van der Waals surface area contributed by atoms with Gasteiger partial charge >= 0.3 is 6.09 Å². The van der Waals surface area contributed by atoms with Crippen LogP contribution in [0.4, 0.5) is 16.2 Å². The van der Waals surface area contributed by atoms with Gasteiger partial charge in [-0.1, -0.05) is 65.1 Å². The third kappa shape index (κ3) is 7.49. The Kier molecular flexibility index (Phi) is 8.48. The zero-order valence-electron chi connectivity index (χ0n) is 15.5. The maximum Gasteiger partial charge on any atom is 0.409 e. The molecule has 0 saturated carbocycles. The van der Waals surface area contributed by atoms with Gasteiger partial charge in [-0.3, -0.25) is 15.4 Å². The van der Waals surface area contributed by atoms with Gasteiger partial charge in [0.2, 0.25) is 3.79 Å². The molecule has 0 heterocycles. The van der Waals surface area contributed by atoms with E-state index in [1.165, 1.54) is 18.2 Å². The molecule has 1 amide bonds. The van der Waals surface area contributed by atoms with E-state index in [1.807, 2.05) is 18.2 Å². The number of aryl methyl sites for hydroxylation is 1. The fraction of sp³-hybridized carbons (Fsp3) is 0.222. The Labute approximate surface area is 193 Å². The Balaban J connectivity index is 1.97. The number of rotatable bonds is 6. The molecule has 0 radical (unpaired) electrons. The highest BCUT2D eigenvalue weighted by Crippen LogP contribution is 2.29. The molecule has 0 unspecified atom stereocenters. The van der Waals surface area contributed by atoms with Crippen molar-refractivity contribution in [3.05, 3.63) is 69.8 Å². The number of nitro groups is 1. The third-order valence-electron chi connectivity index (χ3n) is 3.75. The van der Waals surface area contributed by atoms with E-state index in [2.05, 4.69) is 16.0 Å². The topological polar surface area (TPSA) is 106 Å². The van der Waals surface area contributed by atoms with E-state index >= 15 is 0 Å². The van der Waals surface area contributed by atoms with Crippen molar-refractivity contribution in [2.75, 3.05) is 5.32 Å². The molecule has 2 aromatic rings. The van der Waals surface area contributed by atoms with Crippen LogP contribution in [0.15, 0.2) is 48.5 Å². The molecule has 1 atom stereocenters. The number of thiocarbonyl (C=S) groups is 1. The minimum absolute atomic E-state index is 0.0200. The Hall–Kier alpha value is -2.33. The molecular formula is C18H17Cl3N4O4S. The second-order valence-corrected chi connectivity index (χ2v) is 8.81. The van der Waals surface area contributed by atoms with Gasteiger partial charge in [0.1, 0.15) is 6.61 Å². The maximum atomic E-state index is 12.1. The molecule has 0 fully saturated rings. The molecule has 0 spiro atoms. The number of hydrogen-bond acceptors (Lipinski definition) is 5. The number of ether oxygens (including phenoxy) is 1. The number of amides is 1. The zero-order chi connectivity index (χ0) is 22.3. The highest BCUT2D eigenvalue weighted by atomic mass is 35.6. The summed E-state index contributed by atoms with van der Waals surface area (Å²) in [5, 5.41) is 18.8. The summed E-state index contributed by atoms with van der Waals surface area (Å²) in [5.41, 5.74) is 1.82. The van der Waals surface area contributed by atoms with Crippen LogP contribution < -0.4 is 16.0 Å². The number of non-ortho nitro benzene ring substituents is 1. The maximum absolute atomic E-state index is 12.1. The summed E-state index contributed by atoms with van der Waals surface area (Å²) in [6.07, 6.45) is -2.04. The van der Waals surface area contributed by atoms with Crippen LogP contribution in [-0.2, 0) is 11.3 Å². The van der Waals surface area contributed by atoms with Crippen LogP contribution in [0, 0.1) is 17.0 Å². The van der Waals surface area contributed by atoms with Gasteiger partial charge in [-0.05, 0) is 36.3 Å². The fourth-order valence-electron chi connectivity index (χ4n) is 2.27. The van der Waals surface area contributed by atoms with Crippen molar-refractivity contribution in [1.29, 1.82) is 0 Å². The van der Waals surface area contributed by atoms with E-state index in [1.54, 1.807) is 19.1 Å². The monoisotopic (exact) mass is 490 g/mol. The molecule has 8 nitrogen and oxygen atoms in total. The number of nitro benzene ring substituents is 1. The molecule has 0 aliphatic heterocycles. The normalized spacial score (nSPS) is 11.9. The largest absolute Gasteiger partial charge is 0.445 e. The van der Waals surface area contributed by atoms with E-state index < -0.39 is 21.0 Å². The van der Waals surface area contributed by atoms with Crippen molar-refractivity contribution in [3.8, 4) is 0 Å². The van der Waals surface area contributed by atoms with Gasteiger partial charge in [0, 0.05) is 17.8 Å². The van der Waals surface area contributed by atoms with Gasteiger partial charge < -0.3 is 15.4 Å². The van der Waals surface area contributed by atoms with E-state index in [-0.39, 0.29) is 17.4 Å². The van der Waals surface area contributed by atoms with Crippen LogP contribution in [0.25, 0.3) is 0 Å². The number of nitrogens with one attached hydrogen (secondary N) is 3. The lowest BCUT2D eigenvalue weighted by Gasteiger charge is -2.27. The number of alkyl carbamates (subject to hydrolysis) is 1. The summed E-state index contributed by atoms with van der Waals surface area (Å²) in [5.74, 6) is 0. The van der Waals surface area contributed by atoms with Crippen LogP contribution >= 0.6 is 47.0 Å². The number of nitrogens with zero attached hydrogens (tertiary/aromatic N) is 1. The van der Waals surface area contributed by atoms with Crippen LogP contribution in [0.2, 0.25) is 0 Å². The lowest BCUT2D eigenvalue weighted by molar-refractivity contribution is -0.384. The van der Waals surface area contributed by atoms with E-state index in [0.29, 0.717) is 11.3 Å². The molecule has 2 rings (SSSR count). The Morgan fingerprint density at radius 2 is 1.87 bits per heavy atom. The standard InChI is InChI=1S/C18H17Cl3N4O4S/c1-11-9-13(25(27)28)7-8-14(11)22-16(30)23-15(18(19,20)21)24-17(26)29-10-12-5-3-2-4-6-12/h2-9,15H,10H2,1H3,(H,24,26)(H2,22,23,30)/t15-/m1/s1. The molecule has 12 heteroatoms. The summed E-state index contributed by atoms with van der Waals surface area (Å²) in [7, 11) is 0. The minimum Gasteiger partial charge on any atom is -0.445 e. The number of benzene rings is 2. The van der Waals surface area contributed by atoms with Crippen molar-refractivity contribution >= 4 is 69.6 Å². The summed E-state index contributed by atoms with van der Waals surface area (Å²) in [6, 6.07) is 13.3. The van der Waals surface area contributed by atoms with Crippen molar-refractivity contribution in [2.24, 2.45) is 0 Å². The molecule has 30 heavy (non-hydrogen) atoms. The molecule has 0 bridgehead atoms. The summed E-state index contributed by atoms with van der Waals surface area (Å²) < 4.78 is 3.16. The fourth-order valence-corrected chi connectivity index (χ4v) is 2.83. The van der Waals surface area contributed by atoms with Crippen molar-refractivity contribution in [2.45, 2.75) is 23.5 Å². The van der Waals surface area contributed by atoms with Gasteiger partial charge in [0.25, 0.3) is 5.69 Å². The number of anilines is 1. The first-order chi connectivity index (χ1) is 14.1. The van der Waals surface area contributed by atoms with E-state index in [0.717, 1.165) is 5.56 Å². The number of alkyl halides is 3. The summed E-state index contributed by atoms with van der Waals surface area (Å²) in [6.45, 7) is 1.70. The predicted molar refractivity (Wildman–Crippen MR) is 121 cm³/mol. The highest BCUT2D eigenvalue weighted by Gasteiger charge is 2.35. The molecular weight excluding hydrogens is 475 g/mol. The smallest absolute Gasteiger partial charge is 0.409 e. The molecule has 0 aliphatic rings. The minimum atomic E-state index is -1.96. The Morgan fingerprint density at radius 3 is 2.43 bits per heavy atom. The first kappa shape index (κ1) is 23.9. The average molecular weight is 492 g/mol. The van der Waals surface area contributed by atoms with Crippen molar-refractivity contribution in [1.82, 2.24) is 10.6 Å². The number of carbonyl (C=O) groups is 1. The average Bonchev–Trinajstić information content (AvgIpc) is 2.67. The molecule has 160 valence electrons. The van der Waals surface area contributed by atoms with Gasteiger partial charge in [-0.15, -0.1) is 0 Å². The number of hydrogen-bond donors (Lipinski definition) is 3. The van der Waals surface area contributed by atoms with Crippen LogP contribution in [-0.4, -0.2) is 26.1 Å². The number of halogens is 3. The lowest BCUT2D eigenvalue weighted by atomic mass is 10.2. The van der Waals surface area contributed by atoms with Crippen LogP contribution in [0.5, 0.6) is 0 Å². The van der Waals surface area contributed by atoms with E-state index in [9.17, 15) is 14.9 Å². The van der Waals surface area contributed by atoms with Gasteiger partial charge in [0.05, 0.1) is 4.92 Å². The van der Waals surface area contributed by atoms with Gasteiger partial charge in [0.15, 0.2) is 11.3 Å². The van der Waals surface area contributed by atoms with Crippen molar-refractivity contribution < 1.29 is 14.5 Å². The second-order valence-electron chi connectivity index (χ2n) is 6.04. The van der Waals surface area contributed by atoms with E-state index in [4.69, 9.17) is 51.8 Å². The van der Waals surface area contributed by atoms with Crippen LogP contribution in [0.1, 0.15) is 11.1 Å². The Bertz CT molecular complexity index is 925. The molecule has 0 aromatic heterocycles. The van der Waals surface area contributed by atoms with Crippen LogP contribution in [0.3, 0.4) is 0 Å². The highest BCUT2D eigenvalue weighted by molar-refractivity contribution is 7.80. The van der Waals surface area contributed by atoms with Gasteiger partial charge in [-0.25, -0.2) is 4.79 Å². The summed E-state index contributed by atoms with van der Waals surface area (Å²) >= 11 is 23.0. The quantitative estimate of drug-likeness (QED) is 0.175. The van der Waals surface area contributed by atoms with Gasteiger partial charge in [-0.2, -0.15) is 0 Å². The predicted octanol–water partition coefficient (Wildman–Crippen LogP) is 4.81. The molecule has 3 N–H and O–H groups in total. The SMILES string of the molecule is Cc1cc([N+](=O)[O-])ccc1NC(=S)N[C@H](NC(=O)OCc1ccccc1)C(Cl)(Cl)Cl.